The molecule has 0 saturated heterocycles. The Hall–Kier alpha value is -0.450. The van der Waals surface area contributed by atoms with E-state index in [1.165, 1.54) is 37.8 Å². The van der Waals surface area contributed by atoms with Gasteiger partial charge in [0.1, 0.15) is 0 Å². The molecule has 1 aromatic rings. The second-order valence-corrected chi connectivity index (χ2v) is 6.11. The van der Waals surface area contributed by atoms with Gasteiger partial charge < -0.3 is 10.6 Å². The molecule has 1 aliphatic rings. The Morgan fingerprint density at radius 3 is 2.82 bits per heavy atom. The van der Waals surface area contributed by atoms with Crippen LogP contribution in [0.4, 0.5) is 0 Å². The largest absolute Gasteiger partial charge is 0.325 e. The number of aromatic nitrogens is 1. The fraction of sp³-hybridized carbons (Fsp3) is 0.769. The Morgan fingerprint density at radius 1 is 1.41 bits per heavy atom. The summed E-state index contributed by atoms with van der Waals surface area (Å²) in [6, 6.07) is 0. The van der Waals surface area contributed by atoms with Crippen LogP contribution >= 0.6 is 11.3 Å². The average Bonchev–Trinajstić information content (AvgIpc) is 2.80. The van der Waals surface area contributed by atoms with Crippen LogP contribution in [0.15, 0.2) is 10.9 Å². The van der Waals surface area contributed by atoms with Crippen molar-refractivity contribution >= 4 is 11.3 Å². The zero-order valence-electron chi connectivity index (χ0n) is 10.7. The van der Waals surface area contributed by atoms with Gasteiger partial charge in [-0.05, 0) is 32.9 Å². The fourth-order valence-corrected chi connectivity index (χ4v) is 3.14. The van der Waals surface area contributed by atoms with Crippen molar-refractivity contribution in [3.05, 3.63) is 16.6 Å². The van der Waals surface area contributed by atoms with Crippen molar-refractivity contribution in [2.75, 3.05) is 13.6 Å². The van der Waals surface area contributed by atoms with Gasteiger partial charge in [-0.3, -0.25) is 0 Å². The smallest absolute Gasteiger partial charge is 0.0795 e. The van der Waals surface area contributed by atoms with Crippen LogP contribution in [0.2, 0.25) is 0 Å². The molecule has 0 radical (unpaired) electrons. The van der Waals surface area contributed by atoms with Gasteiger partial charge in [0.15, 0.2) is 0 Å². The molecule has 17 heavy (non-hydrogen) atoms. The molecule has 0 unspecified atom stereocenters. The van der Waals surface area contributed by atoms with Crippen molar-refractivity contribution in [2.24, 2.45) is 5.73 Å². The van der Waals surface area contributed by atoms with Crippen molar-refractivity contribution in [3.63, 3.8) is 0 Å². The summed E-state index contributed by atoms with van der Waals surface area (Å²) < 4.78 is 0. The highest BCUT2D eigenvalue weighted by molar-refractivity contribution is 7.07. The zero-order valence-corrected chi connectivity index (χ0v) is 11.5. The summed E-state index contributed by atoms with van der Waals surface area (Å²) in [5.74, 6) is 0. The first kappa shape index (κ1) is 13.0. The van der Waals surface area contributed by atoms with Gasteiger partial charge in [-0.25, -0.2) is 4.98 Å². The number of hydrogen-bond donors (Lipinski definition) is 1. The summed E-state index contributed by atoms with van der Waals surface area (Å²) in [5.41, 5.74) is 9.62. The van der Waals surface area contributed by atoms with Gasteiger partial charge in [-0.1, -0.05) is 19.3 Å². The third-order valence-corrected chi connectivity index (χ3v) is 4.39. The quantitative estimate of drug-likeness (QED) is 0.877. The Labute approximate surface area is 108 Å². The van der Waals surface area contributed by atoms with Gasteiger partial charge in [0.2, 0.25) is 0 Å². The van der Waals surface area contributed by atoms with Crippen LogP contribution in [0.1, 0.15) is 44.2 Å². The van der Waals surface area contributed by atoms with Crippen molar-refractivity contribution in [1.29, 1.82) is 0 Å². The summed E-state index contributed by atoms with van der Waals surface area (Å²) in [6.07, 6.45) is 7.52. The van der Waals surface area contributed by atoms with E-state index in [2.05, 4.69) is 22.3 Å². The minimum absolute atomic E-state index is 0.106. The maximum atomic E-state index is 6.44. The monoisotopic (exact) mass is 253 g/mol. The molecule has 0 bridgehead atoms. The minimum atomic E-state index is 0.106. The lowest BCUT2D eigenvalue weighted by atomic mass is 9.80. The topological polar surface area (TPSA) is 42.1 Å². The highest BCUT2D eigenvalue weighted by Gasteiger charge is 2.27. The second kappa shape index (κ2) is 5.94. The lowest BCUT2D eigenvalue weighted by Gasteiger charge is -2.34. The molecule has 1 aliphatic carbocycles. The summed E-state index contributed by atoms with van der Waals surface area (Å²) in [5, 5.41) is 2.12. The van der Waals surface area contributed by atoms with E-state index in [-0.39, 0.29) is 5.54 Å². The van der Waals surface area contributed by atoms with Crippen molar-refractivity contribution in [3.8, 4) is 0 Å². The molecule has 3 nitrogen and oxygen atoms in total. The molecule has 0 amide bonds. The third kappa shape index (κ3) is 4.05. The molecular weight excluding hydrogens is 230 g/mol. The molecule has 1 saturated carbocycles. The Balaban J connectivity index is 1.73. The molecule has 2 rings (SSSR count). The Morgan fingerprint density at radius 2 is 2.18 bits per heavy atom. The maximum absolute atomic E-state index is 6.44. The molecule has 1 fully saturated rings. The molecule has 0 aliphatic heterocycles. The summed E-state index contributed by atoms with van der Waals surface area (Å²) >= 11 is 1.66. The van der Waals surface area contributed by atoms with Crippen molar-refractivity contribution < 1.29 is 0 Å². The van der Waals surface area contributed by atoms with Gasteiger partial charge in [0, 0.05) is 17.5 Å². The van der Waals surface area contributed by atoms with Crippen LogP contribution in [0.3, 0.4) is 0 Å². The highest BCUT2D eigenvalue weighted by Crippen LogP contribution is 2.28. The van der Waals surface area contributed by atoms with Gasteiger partial charge in [-0.15, -0.1) is 11.3 Å². The predicted octanol–water partition coefficient (Wildman–Crippen LogP) is 2.63. The lowest BCUT2D eigenvalue weighted by Crippen LogP contribution is -2.44. The molecule has 0 atom stereocenters. The first-order valence-corrected chi connectivity index (χ1v) is 7.47. The van der Waals surface area contributed by atoms with E-state index < -0.39 is 0 Å². The first-order valence-electron chi connectivity index (χ1n) is 6.52. The molecule has 96 valence electrons. The van der Waals surface area contributed by atoms with E-state index in [0.717, 1.165) is 19.5 Å². The molecular formula is C13H23N3S. The predicted molar refractivity (Wildman–Crippen MR) is 73.1 cm³/mol. The number of hydrogen-bond acceptors (Lipinski definition) is 4. The minimum Gasteiger partial charge on any atom is -0.325 e. The molecule has 4 heteroatoms. The number of nitrogens with two attached hydrogens (primary N) is 1. The van der Waals surface area contributed by atoms with Crippen LogP contribution in [-0.2, 0) is 6.54 Å². The van der Waals surface area contributed by atoms with Gasteiger partial charge in [0.05, 0.1) is 11.2 Å². The van der Waals surface area contributed by atoms with Crippen molar-refractivity contribution in [1.82, 2.24) is 9.88 Å². The van der Waals surface area contributed by atoms with E-state index in [0.29, 0.717) is 0 Å². The van der Waals surface area contributed by atoms with E-state index in [1.54, 1.807) is 11.3 Å². The average molecular weight is 253 g/mol. The van der Waals surface area contributed by atoms with Crippen molar-refractivity contribution in [2.45, 2.75) is 50.6 Å². The third-order valence-electron chi connectivity index (χ3n) is 3.76. The van der Waals surface area contributed by atoms with Crippen LogP contribution in [0.25, 0.3) is 0 Å². The van der Waals surface area contributed by atoms with E-state index in [1.807, 2.05) is 5.51 Å². The van der Waals surface area contributed by atoms with E-state index in [4.69, 9.17) is 5.73 Å². The van der Waals surface area contributed by atoms with Gasteiger partial charge >= 0.3 is 0 Å². The number of thiazole rings is 1. The van der Waals surface area contributed by atoms with Crippen LogP contribution in [0, 0.1) is 0 Å². The summed E-state index contributed by atoms with van der Waals surface area (Å²) in [4.78, 5) is 6.65. The summed E-state index contributed by atoms with van der Waals surface area (Å²) in [6.45, 7) is 2.02. The Kier molecular flexibility index (Phi) is 4.54. The zero-order chi connectivity index (χ0) is 12.1. The van der Waals surface area contributed by atoms with Crippen LogP contribution < -0.4 is 5.73 Å². The summed E-state index contributed by atoms with van der Waals surface area (Å²) in [7, 11) is 2.16. The second-order valence-electron chi connectivity index (χ2n) is 5.39. The fourth-order valence-electron chi connectivity index (χ4n) is 2.59. The molecule has 1 aromatic heterocycles. The Bertz CT molecular complexity index is 317. The first-order chi connectivity index (χ1) is 8.18. The molecule has 0 aromatic carbocycles. The van der Waals surface area contributed by atoms with E-state index >= 15 is 0 Å². The van der Waals surface area contributed by atoms with E-state index in [9.17, 15) is 0 Å². The van der Waals surface area contributed by atoms with Gasteiger partial charge in [-0.2, -0.15) is 0 Å². The SMILES string of the molecule is CN(CCC1(N)CCCCC1)Cc1cscn1. The normalized spacial score (nSPS) is 19.7. The van der Waals surface area contributed by atoms with Gasteiger partial charge in [0.25, 0.3) is 0 Å². The molecule has 0 spiro atoms. The standard InChI is InChI=1S/C13H23N3S/c1-16(9-12-10-17-11-15-12)8-7-13(14)5-3-2-4-6-13/h10-11H,2-9,14H2,1H3. The number of rotatable bonds is 5. The lowest BCUT2D eigenvalue weighted by molar-refractivity contribution is 0.225. The molecule has 1 heterocycles. The van der Waals surface area contributed by atoms with Crippen LogP contribution in [0.5, 0.6) is 0 Å². The maximum Gasteiger partial charge on any atom is 0.0795 e. The molecule has 2 N–H and O–H groups in total. The number of nitrogens with zero attached hydrogens (tertiary/aromatic N) is 2. The van der Waals surface area contributed by atoms with Crippen LogP contribution in [-0.4, -0.2) is 29.0 Å². The highest BCUT2D eigenvalue weighted by atomic mass is 32.1.